The van der Waals surface area contributed by atoms with E-state index < -0.39 is 11.2 Å². The van der Waals surface area contributed by atoms with Crippen LogP contribution in [0, 0.1) is 0 Å². The van der Waals surface area contributed by atoms with Gasteiger partial charge in [-0.25, -0.2) is 0 Å². The fraction of sp³-hybridized carbons (Fsp3) is 0.111. The van der Waals surface area contributed by atoms with Gasteiger partial charge in [-0.1, -0.05) is 97.1 Å². The van der Waals surface area contributed by atoms with E-state index in [9.17, 15) is 10.2 Å². The third kappa shape index (κ3) is 2.08. The molecular formula is C27H20O2. The number of hydrogen-bond donors (Lipinski definition) is 2. The summed E-state index contributed by atoms with van der Waals surface area (Å²) in [7, 11) is 0. The van der Waals surface area contributed by atoms with E-state index in [1.807, 2.05) is 97.1 Å². The fourth-order valence-electron chi connectivity index (χ4n) is 5.36. The lowest BCUT2D eigenvalue weighted by molar-refractivity contribution is -0.0225. The molecule has 2 nitrogen and oxygen atoms in total. The average Bonchev–Trinajstić information content (AvgIpc) is 3.17. The van der Waals surface area contributed by atoms with Crippen molar-refractivity contribution in [2.75, 3.05) is 0 Å². The molecule has 2 aliphatic rings. The van der Waals surface area contributed by atoms with Crippen LogP contribution in [0.25, 0.3) is 22.3 Å². The Morgan fingerprint density at radius 2 is 0.655 bits per heavy atom. The van der Waals surface area contributed by atoms with Gasteiger partial charge in [0.2, 0.25) is 0 Å². The smallest absolute Gasteiger partial charge is 0.119 e. The van der Waals surface area contributed by atoms with Crippen molar-refractivity contribution in [2.45, 2.75) is 17.6 Å². The zero-order valence-electron chi connectivity index (χ0n) is 15.8. The molecule has 29 heavy (non-hydrogen) atoms. The molecule has 0 fully saturated rings. The van der Waals surface area contributed by atoms with Gasteiger partial charge in [0.05, 0.1) is 0 Å². The molecule has 2 heteroatoms. The molecule has 0 saturated heterocycles. The number of fused-ring (bicyclic) bond motifs is 6. The van der Waals surface area contributed by atoms with E-state index in [0.717, 1.165) is 44.5 Å². The molecule has 4 aromatic carbocycles. The standard InChI is InChI=1S/C27H20O2/c28-26(22-13-5-1-9-18(22)19-10-2-6-14-23(19)26)17-27(29)24-15-7-3-11-20(24)21-12-4-8-16-25(21)27/h1-16,28-29H,17H2. The Morgan fingerprint density at radius 1 is 0.414 bits per heavy atom. The lowest BCUT2D eigenvalue weighted by atomic mass is 9.76. The molecule has 2 N–H and O–H groups in total. The van der Waals surface area contributed by atoms with E-state index in [-0.39, 0.29) is 6.42 Å². The van der Waals surface area contributed by atoms with Crippen LogP contribution in [-0.2, 0) is 11.2 Å². The zero-order valence-corrected chi connectivity index (χ0v) is 15.8. The van der Waals surface area contributed by atoms with Crippen LogP contribution in [0.3, 0.4) is 0 Å². The van der Waals surface area contributed by atoms with Gasteiger partial charge < -0.3 is 10.2 Å². The topological polar surface area (TPSA) is 40.5 Å². The van der Waals surface area contributed by atoms with E-state index in [4.69, 9.17) is 0 Å². The molecule has 0 atom stereocenters. The second-order valence-corrected chi connectivity index (χ2v) is 8.08. The normalized spacial score (nSPS) is 16.6. The minimum Gasteiger partial charge on any atom is -0.380 e. The number of aliphatic hydroxyl groups is 2. The van der Waals surface area contributed by atoms with Gasteiger partial charge in [-0.05, 0) is 44.5 Å². The van der Waals surface area contributed by atoms with E-state index in [1.165, 1.54) is 0 Å². The third-order valence-electron chi connectivity index (χ3n) is 6.58. The molecule has 0 heterocycles. The average molecular weight is 376 g/mol. The lowest BCUT2D eigenvalue weighted by Crippen LogP contribution is -2.37. The Labute approximate surface area is 169 Å². The fourth-order valence-corrected chi connectivity index (χ4v) is 5.36. The number of benzene rings is 4. The quantitative estimate of drug-likeness (QED) is 0.504. The first-order chi connectivity index (χ1) is 14.1. The summed E-state index contributed by atoms with van der Waals surface area (Å²) in [5.41, 5.74) is 5.03. The second-order valence-electron chi connectivity index (χ2n) is 8.08. The van der Waals surface area contributed by atoms with Gasteiger partial charge in [0, 0.05) is 6.42 Å². The summed E-state index contributed by atoms with van der Waals surface area (Å²) in [5, 5.41) is 24.2. The summed E-state index contributed by atoms with van der Waals surface area (Å²) in [6.07, 6.45) is 0.169. The van der Waals surface area contributed by atoms with Gasteiger partial charge in [0.1, 0.15) is 11.2 Å². The summed E-state index contributed by atoms with van der Waals surface area (Å²) in [6, 6.07) is 31.9. The molecule has 0 bridgehead atoms. The van der Waals surface area contributed by atoms with Crippen molar-refractivity contribution in [3.8, 4) is 22.3 Å². The van der Waals surface area contributed by atoms with Crippen molar-refractivity contribution in [2.24, 2.45) is 0 Å². The molecule has 2 aliphatic carbocycles. The van der Waals surface area contributed by atoms with Crippen molar-refractivity contribution < 1.29 is 10.2 Å². The molecule has 0 aliphatic heterocycles. The van der Waals surface area contributed by atoms with E-state index >= 15 is 0 Å². The molecule has 0 aromatic heterocycles. The van der Waals surface area contributed by atoms with Crippen LogP contribution in [0.1, 0.15) is 28.7 Å². The van der Waals surface area contributed by atoms with Crippen molar-refractivity contribution in [1.82, 2.24) is 0 Å². The molecule has 0 spiro atoms. The van der Waals surface area contributed by atoms with Gasteiger partial charge in [0.15, 0.2) is 0 Å². The Hall–Kier alpha value is -3.20. The van der Waals surface area contributed by atoms with Crippen molar-refractivity contribution in [1.29, 1.82) is 0 Å². The largest absolute Gasteiger partial charge is 0.380 e. The van der Waals surface area contributed by atoms with Crippen LogP contribution in [0.5, 0.6) is 0 Å². The Balaban J connectivity index is 1.60. The van der Waals surface area contributed by atoms with Crippen LogP contribution < -0.4 is 0 Å². The molecule has 0 unspecified atom stereocenters. The highest BCUT2D eigenvalue weighted by Gasteiger charge is 2.51. The maximum atomic E-state index is 12.1. The van der Waals surface area contributed by atoms with Gasteiger partial charge in [0.25, 0.3) is 0 Å². The van der Waals surface area contributed by atoms with Gasteiger partial charge in [-0.15, -0.1) is 0 Å². The molecule has 0 amide bonds. The summed E-state index contributed by atoms with van der Waals surface area (Å²) in [5.74, 6) is 0. The first-order valence-corrected chi connectivity index (χ1v) is 9.96. The summed E-state index contributed by atoms with van der Waals surface area (Å²) in [4.78, 5) is 0. The van der Waals surface area contributed by atoms with E-state index in [0.29, 0.717) is 0 Å². The Kier molecular flexibility index (Phi) is 3.27. The first-order valence-electron chi connectivity index (χ1n) is 9.96. The SMILES string of the molecule is OC1(CC2(O)c3ccccc3-c3ccccc32)c2ccccc2-c2ccccc21. The number of rotatable bonds is 2. The third-order valence-corrected chi connectivity index (χ3v) is 6.58. The van der Waals surface area contributed by atoms with Crippen LogP contribution in [-0.4, -0.2) is 10.2 Å². The summed E-state index contributed by atoms with van der Waals surface area (Å²) < 4.78 is 0. The van der Waals surface area contributed by atoms with Crippen LogP contribution in [0.15, 0.2) is 97.1 Å². The maximum Gasteiger partial charge on any atom is 0.119 e. The molecule has 4 aromatic rings. The predicted molar refractivity (Wildman–Crippen MR) is 114 cm³/mol. The molecule has 0 saturated carbocycles. The molecule has 0 radical (unpaired) electrons. The highest BCUT2D eigenvalue weighted by molar-refractivity contribution is 5.82. The minimum absolute atomic E-state index is 0.169. The Bertz CT molecular complexity index is 1080. The predicted octanol–water partition coefficient (Wildman–Crippen LogP) is 5.21. The maximum absolute atomic E-state index is 12.1. The minimum atomic E-state index is -1.27. The summed E-state index contributed by atoms with van der Waals surface area (Å²) >= 11 is 0. The van der Waals surface area contributed by atoms with Gasteiger partial charge >= 0.3 is 0 Å². The van der Waals surface area contributed by atoms with E-state index in [2.05, 4.69) is 0 Å². The van der Waals surface area contributed by atoms with E-state index in [1.54, 1.807) is 0 Å². The van der Waals surface area contributed by atoms with Crippen molar-refractivity contribution in [3.63, 3.8) is 0 Å². The van der Waals surface area contributed by atoms with Crippen LogP contribution in [0.4, 0.5) is 0 Å². The molecule has 6 rings (SSSR count). The Morgan fingerprint density at radius 3 is 0.931 bits per heavy atom. The van der Waals surface area contributed by atoms with Crippen LogP contribution in [0.2, 0.25) is 0 Å². The van der Waals surface area contributed by atoms with Crippen LogP contribution >= 0.6 is 0 Å². The zero-order chi connectivity index (χ0) is 19.6. The van der Waals surface area contributed by atoms with Crippen molar-refractivity contribution in [3.05, 3.63) is 119 Å². The van der Waals surface area contributed by atoms with Crippen molar-refractivity contribution >= 4 is 0 Å². The first kappa shape index (κ1) is 16.7. The lowest BCUT2D eigenvalue weighted by Gasteiger charge is -2.35. The highest BCUT2D eigenvalue weighted by atomic mass is 16.3. The van der Waals surface area contributed by atoms with Gasteiger partial charge in [-0.2, -0.15) is 0 Å². The highest BCUT2D eigenvalue weighted by Crippen LogP contribution is 2.57. The monoisotopic (exact) mass is 376 g/mol. The van der Waals surface area contributed by atoms with Gasteiger partial charge in [-0.3, -0.25) is 0 Å². The second kappa shape index (κ2) is 5.66. The molecule has 140 valence electrons. The number of hydrogen-bond acceptors (Lipinski definition) is 2. The summed E-state index contributed by atoms with van der Waals surface area (Å²) in [6.45, 7) is 0. The molecular weight excluding hydrogens is 356 g/mol.